The van der Waals surface area contributed by atoms with E-state index in [0.717, 1.165) is 24.6 Å². The van der Waals surface area contributed by atoms with E-state index in [0.29, 0.717) is 0 Å². The molecule has 0 atom stereocenters. The molecule has 0 fully saturated rings. The second-order valence-electron chi connectivity index (χ2n) is 3.23. The predicted molar refractivity (Wildman–Crippen MR) is 67.2 cm³/mol. The zero-order valence-corrected chi connectivity index (χ0v) is 11.3. The molecule has 0 spiro atoms. The van der Waals surface area contributed by atoms with Crippen LogP contribution in [0.2, 0.25) is 0 Å². The van der Waals surface area contributed by atoms with E-state index in [2.05, 4.69) is 26.3 Å². The highest BCUT2D eigenvalue weighted by Crippen LogP contribution is 2.58. The fourth-order valence-electron chi connectivity index (χ4n) is 1.54. The van der Waals surface area contributed by atoms with Gasteiger partial charge in [-0.05, 0) is 0 Å². The summed E-state index contributed by atoms with van der Waals surface area (Å²) in [5, 5.41) is 0. The van der Waals surface area contributed by atoms with Crippen molar-refractivity contribution in [2.24, 2.45) is 0 Å². The largest absolute Gasteiger partial charge is 1.00 e. The Hall–Kier alpha value is -0.130. The summed E-state index contributed by atoms with van der Waals surface area (Å²) >= 11 is 0. The Morgan fingerprint density at radius 1 is 0.643 bits per heavy atom. The number of hydrogen-bond donors (Lipinski definition) is 0. The number of hydrogen-bond acceptors (Lipinski definition) is 0. The average Bonchev–Trinajstić information content (AvgIpc) is 2.06. The molecule has 0 aromatic rings. The smallest absolute Gasteiger partial charge is 0.0780 e. The molecule has 0 aliphatic heterocycles. The SMILES string of the molecule is C=CC[P+](CC=C)(CC=C)CC=C.[Br-]. The second kappa shape index (κ2) is 9.43. The van der Waals surface area contributed by atoms with Crippen LogP contribution in [0.4, 0.5) is 0 Å². The maximum atomic E-state index is 3.82. The molecule has 0 heterocycles. The summed E-state index contributed by atoms with van der Waals surface area (Å²) in [6.45, 7) is 15.3. The Bertz CT molecular complexity index is 151. The molecule has 0 N–H and O–H groups in total. The van der Waals surface area contributed by atoms with Gasteiger partial charge >= 0.3 is 0 Å². The maximum Gasteiger partial charge on any atom is 0.0780 e. The van der Waals surface area contributed by atoms with Crippen LogP contribution in [-0.4, -0.2) is 24.6 Å². The second-order valence-corrected chi connectivity index (χ2v) is 7.37. The molecule has 0 unspecified atom stereocenters. The third-order valence-electron chi connectivity index (χ3n) is 2.07. The van der Waals surface area contributed by atoms with Crippen LogP contribution >= 0.6 is 7.26 Å². The van der Waals surface area contributed by atoms with E-state index < -0.39 is 7.26 Å². The first kappa shape index (κ1) is 16.3. The maximum absolute atomic E-state index is 3.82. The van der Waals surface area contributed by atoms with Gasteiger partial charge < -0.3 is 17.0 Å². The summed E-state index contributed by atoms with van der Waals surface area (Å²) < 4.78 is 0. The van der Waals surface area contributed by atoms with E-state index in [9.17, 15) is 0 Å². The van der Waals surface area contributed by atoms with Gasteiger partial charge in [0.05, 0.1) is 24.6 Å². The van der Waals surface area contributed by atoms with Crippen molar-refractivity contribution in [3.63, 3.8) is 0 Å². The zero-order chi connectivity index (χ0) is 10.2. The van der Waals surface area contributed by atoms with Crippen LogP contribution in [-0.2, 0) is 0 Å². The highest BCUT2D eigenvalue weighted by atomic mass is 79.9. The highest BCUT2D eigenvalue weighted by molar-refractivity contribution is 7.76. The normalized spacial score (nSPS) is 9.71. The van der Waals surface area contributed by atoms with Crippen molar-refractivity contribution in [3.8, 4) is 0 Å². The standard InChI is InChI=1S/C12H20P.BrH/c1-5-9-13(10-6-2,11-7-3)12-8-4;/h5-8H,1-4,9-12H2;1H/q+1;/p-1. The Kier molecular flexibility index (Phi) is 11.0. The molecule has 0 nitrogen and oxygen atoms in total. The van der Waals surface area contributed by atoms with Gasteiger partial charge in [0.15, 0.2) is 0 Å². The summed E-state index contributed by atoms with van der Waals surface area (Å²) in [6.07, 6.45) is 12.5. The van der Waals surface area contributed by atoms with Gasteiger partial charge in [0, 0.05) is 7.26 Å². The number of allylic oxidation sites excluding steroid dienone is 4. The van der Waals surface area contributed by atoms with Crippen molar-refractivity contribution < 1.29 is 17.0 Å². The minimum atomic E-state index is -0.968. The van der Waals surface area contributed by atoms with Crippen LogP contribution < -0.4 is 17.0 Å². The van der Waals surface area contributed by atoms with Crippen LogP contribution in [0.5, 0.6) is 0 Å². The van der Waals surface area contributed by atoms with E-state index in [4.69, 9.17) is 0 Å². The van der Waals surface area contributed by atoms with E-state index in [-0.39, 0.29) is 17.0 Å². The fraction of sp³-hybridized carbons (Fsp3) is 0.333. The van der Waals surface area contributed by atoms with Crippen molar-refractivity contribution >= 4 is 7.26 Å². The Balaban J connectivity index is 0. The third-order valence-corrected chi connectivity index (χ3v) is 6.20. The van der Waals surface area contributed by atoms with Gasteiger partial charge in [-0.15, -0.1) is 0 Å². The van der Waals surface area contributed by atoms with Crippen LogP contribution in [0.25, 0.3) is 0 Å². The Morgan fingerprint density at radius 2 is 0.857 bits per heavy atom. The molecule has 2 heteroatoms. The van der Waals surface area contributed by atoms with E-state index in [1.165, 1.54) is 0 Å². The molecule has 0 saturated carbocycles. The molecule has 14 heavy (non-hydrogen) atoms. The summed E-state index contributed by atoms with van der Waals surface area (Å²) in [4.78, 5) is 0. The molecule has 0 aromatic heterocycles. The first-order chi connectivity index (χ1) is 6.24. The molecule has 0 amide bonds. The van der Waals surface area contributed by atoms with Crippen LogP contribution in [0, 0.1) is 0 Å². The summed E-state index contributed by atoms with van der Waals surface area (Å²) in [7, 11) is -0.968. The van der Waals surface area contributed by atoms with Gasteiger partial charge in [0.1, 0.15) is 0 Å². The van der Waals surface area contributed by atoms with E-state index in [1.54, 1.807) is 0 Å². The molecule has 0 rings (SSSR count). The van der Waals surface area contributed by atoms with Crippen molar-refractivity contribution in [2.75, 3.05) is 24.6 Å². The molecular weight excluding hydrogens is 255 g/mol. The van der Waals surface area contributed by atoms with Crippen molar-refractivity contribution in [3.05, 3.63) is 50.6 Å². The van der Waals surface area contributed by atoms with Crippen LogP contribution in [0.15, 0.2) is 50.6 Å². The van der Waals surface area contributed by atoms with Crippen molar-refractivity contribution in [2.45, 2.75) is 0 Å². The summed E-state index contributed by atoms with van der Waals surface area (Å²) in [6, 6.07) is 0. The lowest BCUT2D eigenvalue weighted by atomic mass is 10.7. The lowest BCUT2D eigenvalue weighted by Gasteiger charge is -2.22. The lowest BCUT2D eigenvalue weighted by molar-refractivity contribution is -0.00000285. The molecule has 0 radical (unpaired) electrons. The molecule has 0 bridgehead atoms. The van der Waals surface area contributed by atoms with Gasteiger partial charge in [-0.2, -0.15) is 0 Å². The van der Waals surface area contributed by atoms with Gasteiger partial charge in [-0.25, -0.2) is 0 Å². The van der Waals surface area contributed by atoms with Crippen LogP contribution in [0.3, 0.4) is 0 Å². The lowest BCUT2D eigenvalue weighted by Crippen LogP contribution is -3.00. The molecule has 0 aliphatic rings. The van der Waals surface area contributed by atoms with Gasteiger partial charge in [-0.1, -0.05) is 50.6 Å². The predicted octanol–water partition coefficient (Wildman–Crippen LogP) is 0.752. The van der Waals surface area contributed by atoms with Gasteiger partial charge in [-0.3, -0.25) is 0 Å². The Morgan fingerprint density at radius 3 is 1.00 bits per heavy atom. The number of halogens is 1. The quantitative estimate of drug-likeness (QED) is 0.453. The summed E-state index contributed by atoms with van der Waals surface area (Å²) in [5.74, 6) is 0. The topological polar surface area (TPSA) is 0 Å². The van der Waals surface area contributed by atoms with Crippen molar-refractivity contribution in [1.82, 2.24) is 0 Å². The third kappa shape index (κ3) is 5.57. The van der Waals surface area contributed by atoms with E-state index in [1.807, 2.05) is 24.3 Å². The highest BCUT2D eigenvalue weighted by Gasteiger charge is 2.31. The molecule has 0 saturated heterocycles. The monoisotopic (exact) mass is 274 g/mol. The minimum absolute atomic E-state index is 0. The van der Waals surface area contributed by atoms with Gasteiger partial charge in [0.25, 0.3) is 0 Å². The zero-order valence-electron chi connectivity index (χ0n) is 8.79. The van der Waals surface area contributed by atoms with E-state index >= 15 is 0 Å². The first-order valence-corrected chi connectivity index (χ1v) is 7.06. The molecule has 0 aromatic carbocycles. The molecule has 0 aliphatic carbocycles. The fourth-order valence-corrected chi connectivity index (χ4v) is 4.63. The average molecular weight is 275 g/mol. The molecular formula is C12H20BrP. The minimum Gasteiger partial charge on any atom is -1.00 e. The van der Waals surface area contributed by atoms with Crippen LogP contribution in [0.1, 0.15) is 0 Å². The number of rotatable bonds is 8. The Labute approximate surface area is 99.6 Å². The van der Waals surface area contributed by atoms with Crippen molar-refractivity contribution in [1.29, 1.82) is 0 Å². The van der Waals surface area contributed by atoms with Gasteiger partial charge in [0.2, 0.25) is 0 Å². The summed E-state index contributed by atoms with van der Waals surface area (Å²) in [5.41, 5.74) is 0. The molecule has 80 valence electrons. The first-order valence-electron chi connectivity index (χ1n) is 4.53.